The van der Waals surface area contributed by atoms with Gasteiger partial charge in [0, 0.05) is 29.9 Å². The van der Waals surface area contributed by atoms with Gasteiger partial charge in [0.25, 0.3) is 0 Å². The zero-order chi connectivity index (χ0) is 11.1. The topological polar surface area (TPSA) is 22.0 Å². The summed E-state index contributed by atoms with van der Waals surface area (Å²) < 4.78 is 2.41. The second-order valence-electron chi connectivity index (χ2n) is 5.34. The molecule has 2 aliphatic rings. The Hall–Kier alpha value is -1.05. The van der Waals surface area contributed by atoms with Crippen molar-refractivity contribution in [2.24, 2.45) is 5.92 Å². The zero-order valence-corrected chi connectivity index (χ0v) is 9.91. The highest BCUT2D eigenvalue weighted by molar-refractivity contribution is 5.98. The predicted molar refractivity (Wildman–Crippen MR) is 63.8 cm³/mol. The standard InChI is InChI=1S/C14H19NO/c1-10-4-2-5-12(10)15-9-8-11-13(15)6-3-7-14(11)16/h8-10,12H,2-7H2,1H3. The maximum atomic E-state index is 11.8. The van der Waals surface area contributed by atoms with Gasteiger partial charge in [-0.1, -0.05) is 13.3 Å². The highest BCUT2D eigenvalue weighted by Crippen LogP contribution is 2.38. The van der Waals surface area contributed by atoms with Crippen molar-refractivity contribution in [1.29, 1.82) is 0 Å². The van der Waals surface area contributed by atoms with Crippen LogP contribution in [0.2, 0.25) is 0 Å². The largest absolute Gasteiger partial charge is 0.347 e. The van der Waals surface area contributed by atoms with Gasteiger partial charge in [-0.3, -0.25) is 4.79 Å². The molecule has 1 aromatic heterocycles. The van der Waals surface area contributed by atoms with Crippen molar-refractivity contribution in [2.45, 2.75) is 51.5 Å². The first-order valence-electron chi connectivity index (χ1n) is 6.50. The van der Waals surface area contributed by atoms with Crippen molar-refractivity contribution >= 4 is 5.78 Å². The van der Waals surface area contributed by atoms with Crippen LogP contribution in [0.5, 0.6) is 0 Å². The average molecular weight is 217 g/mol. The smallest absolute Gasteiger partial charge is 0.164 e. The van der Waals surface area contributed by atoms with Crippen LogP contribution in [0.1, 0.15) is 61.1 Å². The molecule has 0 aromatic carbocycles. The molecule has 0 spiro atoms. The van der Waals surface area contributed by atoms with E-state index >= 15 is 0 Å². The van der Waals surface area contributed by atoms with Gasteiger partial charge in [-0.15, -0.1) is 0 Å². The second-order valence-corrected chi connectivity index (χ2v) is 5.34. The Balaban J connectivity index is 1.99. The van der Waals surface area contributed by atoms with Crippen LogP contribution < -0.4 is 0 Å². The molecule has 0 bridgehead atoms. The number of hydrogen-bond acceptors (Lipinski definition) is 1. The van der Waals surface area contributed by atoms with Crippen molar-refractivity contribution in [1.82, 2.24) is 4.57 Å². The molecule has 0 radical (unpaired) electrons. The summed E-state index contributed by atoms with van der Waals surface area (Å²) in [6, 6.07) is 2.69. The Bertz CT molecular complexity index is 418. The molecular formula is C14H19NO. The van der Waals surface area contributed by atoms with Crippen molar-refractivity contribution in [2.75, 3.05) is 0 Å². The van der Waals surface area contributed by atoms with Gasteiger partial charge in [0.2, 0.25) is 0 Å². The molecule has 3 rings (SSSR count). The maximum Gasteiger partial charge on any atom is 0.164 e. The summed E-state index contributed by atoms with van der Waals surface area (Å²) >= 11 is 0. The molecule has 2 nitrogen and oxygen atoms in total. The molecule has 16 heavy (non-hydrogen) atoms. The first-order chi connectivity index (χ1) is 7.77. The second kappa shape index (κ2) is 3.76. The first kappa shape index (κ1) is 10.1. The summed E-state index contributed by atoms with van der Waals surface area (Å²) in [5.74, 6) is 1.12. The molecule has 86 valence electrons. The van der Waals surface area contributed by atoms with Gasteiger partial charge in [0.1, 0.15) is 0 Å². The molecule has 0 saturated heterocycles. The fourth-order valence-electron chi connectivity index (χ4n) is 3.40. The van der Waals surface area contributed by atoms with E-state index < -0.39 is 0 Å². The van der Waals surface area contributed by atoms with E-state index in [0.717, 1.165) is 30.7 Å². The quantitative estimate of drug-likeness (QED) is 0.707. The minimum atomic E-state index is 0.352. The Kier molecular flexibility index (Phi) is 2.38. The van der Waals surface area contributed by atoms with Crippen molar-refractivity contribution in [3.05, 3.63) is 23.5 Å². The van der Waals surface area contributed by atoms with Crippen molar-refractivity contribution in [3.8, 4) is 0 Å². The van der Waals surface area contributed by atoms with Crippen LogP contribution in [0.4, 0.5) is 0 Å². The number of ketones is 1. The van der Waals surface area contributed by atoms with Crippen LogP contribution in [0.3, 0.4) is 0 Å². The van der Waals surface area contributed by atoms with E-state index in [4.69, 9.17) is 0 Å². The molecular weight excluding hydrogens is 198 g/mol. The van der Waals surface area contributed by atoms with Crippen molar-refractivity contribution in [3.63, 3.8) is 0 Å². The summed E-state index contributed by atoms with van der Waals surface area (Å²) in [6.45, 7) is 2.34. The number of carbonyl (C=O) groups excluding carboxylic acids is 1. The van der Waals surface area contributed by atoms with Gasteiger partial charge in [0.05, 0.1) is 0 Å². The number of nitrogens with zero attached hydrogens (tertiary/aromatic N) is 1. The van der Waals surface area contributed by atoms with Gasteiger partial charge in [-0.2, -0.15) is 0 Å². The van der Waals surface area contributed by atoms with E-state index in [-0.39, 0.29) is 0 Å². The summed E-state index contributed by atoms with van der Waals surface area (Å²) in [4.78, 5) is 11.8. The van der Waals surface area contributed by atoms with Crippen LogP contribution in [-0.4, -0.2) is 10.4 Å². The lowest BCUT2D eigenvalue weighted by molar-refractivity contribution is 0.0971. The number of fused-ring (bicyclic) bond motifs is 1. The molecule has 2 unspecified atom stereocenters. The van der Waals surface area contributed by atoms with Gasteiger partial charge < -0.3 is 4.57 Å². The Labute approximate surface area is 96.6 Å². The molecule has 1 saturated carbocycles. The molecule has 1 aromatic rings. The minimum absolute atomic E-state index is 0.352. The molecule has 1 fully saturated rings. The Morgan fingerprint density at radius 2 is 2.12 bits per heavy atom. The Morgan fingerprint density at radius 1 is 1.25 bits per heavy atom. The fourth-order valence-corrected chi connectivity index (χ4v) is 3.40. The molecule has 2 aliphatic carbocycles. The molecule has 2 atom stereocenters. The van der Waals surface area contributed by atoms with E-state index in [1.807, 2.05) is 6.07 Å². The fraction of sp³-hybridized carbons (Fsp3) is 0.643. The summed E-state index contributed by atoms with van der Waals surface area (Å²) in [5, 5.41) is 0. The van der Waals surface area contributed by atoms with Crippen LogP contribution >= 0.6 is 0 Å². The monoisotopic (exact) mass is 217 g/mol. The number of rotatable bonds is 1. The lowest BCUT2D eigenvalue weighted by Gasteiger charge is -2.23. The van der Waals surface area contributed by atoms with Gasteiger partial charge in [-0.05, 0) is 37.7 Å². The van der Waals surface area contributed by atoms with E-state index in [9.17, 15) is 4.79 Å². The van der Waals surface area contributed by atoms with Crippen LogP contribution in [-0.2, 0) is 6.42 Å². The molecule has 2 heteroatoms. The predicted octanol–water partition coefficient (Wildman–Crippen LogP) is 3.37. The third-order valence-corrected chi connectivity index (χ3v) is 4.32. The third-order valence-electron chi connectivity index (χ3n) is 4.32. The normalized spacial score (nSPS) is 29.4. The lowest BCUT2D eigenvalue weighted by atomic mass is 9.96. The Morgan fingerprint density at radius 3 is 2.88 bits per heavy atom. The lowest BCUT2D eigenvalue weighted by Crippen LogP contribution is -2.18. The van der Waals surface area contributed by atoms with Gasteiger partial charge >= 0.3 is 0 Å². The summed E-state index contributed by atoms with van der Waals surface area (Å²) in [6.07, 6.45) is 9.00. The van der Waals surface area contributed by atoms with Gasteiger partial charge in [0.15, 0.2) is 5.78 Å². The number of hydrogen-bond donors (Lipinski definition) is 0. The van der Waals surface area contributed by atoms with Crippen molar-refractivity contribution < 1.29 is 4.79 Å². The molecule has 0 N–H and O–H groups in total. The van der Waals surface area contributed by atoms with E-state index in [2.05, 4.69) is 17.7 Å². The van der Waals surface area contributed by atoms with Crippen LogP contribution in [0.25, 0.3) is 0 Å². The highest BCUT2D eigenvalue weighted by atomic mass is 16.1. The number of aromatic nitrogens is 1. The zero-order valence-electron chi connectivity index (χ0n) is 9.91. The van der Waals surface area contributed by atoms with E-state index in [1.54, 1.807) is 0 Å². The molecule has 0 amide bonds. The summed E-state index contributed by atoms with van der Waals surface area (Å²) in [7, 11) is 0. The highest BCUT2D eigenvalue weighted by Gasteiger charge is 2.29. The third kappa shape index (κ3) is 1.43. The average Bonchev–Trinajstić information content (AvgIpc) is 2.84. The minimum Gasteiger partial charge on any atom is -0.347 e. The number of carbonyl (C=O) groups is 1. The first-order valence-corrected chi connectivity index (χ1v) is 6.50. The molecule has 1 heterocycles. The van der Waals surface area contributed by atoms with Crippen LogP contribution in [0, 0.1) is 5.92 Å². The maximum absolute atomic E-state index is 11.8. The van der Waals surface area contributed by atoms with Gasteiger partial charge in [-0.25, -0.2) is 0 Å². The van der Waals surface area contributed by atoms with E-state index in [0.29, 0.717) is 11.8 Å². The number of Topliss-reactive ketones (excluding diaryl/α,β-unsaturated/α-hetero) is 1. The van der Waals surface area contributed by atoms with E-state index in [1.165, 1.54) is 25.0 Å². The summed E-state index contributed by atoms with van der Waals surface area (Å²) in [5.41, 5.74) is 2.32. The van der Waals surface area contributed by atoms with Crippen LogP contribution in [0.15, 0.2) is 12.3 Å². The SMILES string of the molecule is CC1CCCC1n1ccc2c1CCCC2=O. The molecule has 0 aliphatic heterocycles.